The minimum atomic E-state index is -5.07. The predicted octanol–water partition coefficient (Wildman–Crippen LogP) is -4.05. The number of hydrogen-bond donors (Lipinski definition) is 4. The monoisotopic (exact) mass is 461 g/mol. The van der Waals surface area contributed by atoms with Gasteiger partial charge in [-0.25, -0.2) is 0 Å². The molecule has 1 aliphatic rings. The maximum Gasteiger partial charge on any atom is 1.00 e. The molecule has 0 spiro atoms. The summed E-state index contributed by atoms with van der Waals surface area (Å²) in [5.74, 6) is 0. The molecule has 2 rings (SSSR count). The molecule has 0 aromatic heterocycles. The van der Waals surface area contributed by atoms with Crippen LogP contribution in [0, 0.1) is 0 Å². The molecular formula is C15H20KNO9S2. The molecule has 152 valence electrons. The van der Waals surface area contributed by atoms with Gasteiger partial charge in [-0.2, -0.15) is 8.42 Å². The number of ether oxygens (including phenoxy) is 1. The molecule has 5 atom stereocenters. The number of thioether (sulfide) groups is 1. The van der Waals surface area contributed by atoms with E-state index in [9.17, 15) is 33.4 Å². The zero-order valence-corrected chi connectivity index (χ0v) is 19.7. The summed E-state index contributed by atoms with van der Waals surface area (Å²) in [6.07, 6.45) is -5.21. The molecule has 0 saturated carbocycles. The Balaban J connectivity index is 0.00000392. The molecule has 1 saturated heterocycles. The third kappa shape index (κ3) is 8.26. The Morgan fingerprint density at radius 3 is 2.39 bits per heavy atom. The van der Waals surface area contributed by atoms with E-state index in [-0.39, 0.29) is 62.8 Å². The van der Waals surface area contributed by atoms with Crippen molar-refractivity contribution in [3.63, 3.8) is 0 Å². The molecule has 28 heavy (non-hydrogen) atoms. The summed E-state index contributed by atoms with van der Waals surface area (Å²) in [7, 11) is -5.07. The van der Waals surface area contributed by atoms with E-state index in [1.165, 1.54) is 0 Å². The van der Waals surface area contributed by atoms with Gasteiger partial charge >= 0.3 is 51.4 Å². The van der Waals surface area contributed by atoms with Crippen LogP contribution in [0.25, 0.3) is 0 Å². The van der Waals surface area contributed by atoms with E-state index in [1.54, 1.807) is 0 Å². The molecule has 13 heteroatoms. The van der Waals surface area contributed by atoms with Crippen molar-refractivity contribution < 1.29 is 93.8 Å². The number of aryl methyl sites for hydroxylation is 1. The van der Waals surface area contributed by atoms with Crippen LogP contribution in [0.3, 0.4) is 0 Å². The predicted molar refractivity (Wildman–Crippen MR) is 94.3 cm³/mol. The average Bonchev–Trinajstić information content (AvgIpc) is 2.64. The largest absolute Gasteiger partial charge is 1.00 e. The zero-order valence-electron chi connectivity index (χ0n) is 15.0. The first-order valence-electron chi connectivity index (χ1n) is 7.93. The van der Waals surface area contributed by atoms with Crippen molar-refractivity contribution in [1.82, 2.24) is 0 Å². The van der Waals surface area contributed by atoms with E-state index >= 15 is 0 Å². The van der Waals surface area contributed by atoms with Gasteiger partial charge in [0.2, 0.25) is 0 Å². The van der Waals surface area contributed by atoms with Gasteiger partial charge in [-0.1, -0.05) is 47.2 Å². The third-order valence-corrected chi connectivity index (χ3v) is 5.23. The molecule has 4 N–H and O–H groups in total. The Kier molecular flexibility index (Phi) is 11.6. The van der Waals surface area contributed by atoms with Crippen LogP contribution in [0.1, 0.15) is 12.0 Å². The number of rotatable bonds is 7. The Morgan fingerprint density at radius 1 is 1.18 bits per heavy atom. The molecule has 0 amide bonds. The first kappa shape index (κ1) is 26.4. The van der Waals surface area contributed by atoms with E-state index in [4.69, 9.17) is 4.74 Å². The fraction of sp³-hybridized carbons (Fsp3) is 0.533. The number of oxime groups is 1. The molecular weight excluding hydrogens is 441 g/mol. The number of nitrogens with zero attached hydrogens (tertiary/aromatic N) is 1. The first-order chi connectivity index (χ1) is 12.7. The van der Waals surface area contributed by atoms with Gasteiger partial charge in [0, 0.05) is 6.42 Å². The minimum Gasteiger partial charge on any atom is -0.714 e. The van der Waals surface area contributed by atoms with Crippen LogP contribution in [0.2, 0.25) is 0 Å². The summed E-state index contributed by atoms with van der Waals surface area (Å²) >= 11 is 0.726. The normalized spacial score (nSPS) is 28.5. The first-order valence-corrected chi connectivity index (χ1v) is 10.1. The van der Waals surface area contributed by atoms with Gasteiger partial charge in [-0.15, -0.1) is 0 Å². The molecule has 0 bridgehead atoms. The molecule has 1 heterocycles. The van der Waals surface area contributed by atoms with Gasteiger partial charge in [0.05, 0.1) is 6.61 Å². The molecule has 10 nitrogen and oxygen atoms in total. The topological polar surface area (TPSA) is 169 Å². The van der Waals surface area contributed by atoms with Crippen LogP contribution in [-0.4, -0.2) is 74.9 Å². The SMILES string of the molecule is O=S(=O)([O-])ON=C(CCc1ccccc1)S[C@@H]1O[C@H](CO)[C@@H](O)[C@H](O)[C@H]1O.[K+]. The fourth-order valence-corrected chi connectivity index (χ4v) is 3.70. The summed E-state index contributed by atoms with van der Waals surface area (Å²) in [5, 5.41) is 42.2. The van der Waals surface area contributed by atoms with Crippen molar-refractivity contribution in [2.75, 3.05) is 6.61 Å². The van der Waals surface area contributed by atoms with Gasteiger partial charge in [0.15, 0.2) is 0 Å². The van der Waals surface area contributed by atoms with Gasteiger partial charge in [-0.3, -0.25) is 4.28 Å². The zero-order chi connectivity index (χ0) is 20.0. The van der Waals surface area contributed by atoms with E-state index < -0.39 is 46.9 Å². The molecule has 0 radical (unpaired) electrons. The van der Waals surface area contributed by atoms with Crippen LogP contribution in [0.5, 0.6) is 0 Å². The third-order valence-electron chi connectivity index (χ3n) is 3.80. The van der Waals surface area contributed by atoms with Crippen molar-refractivity contribution in [3.05, 3.63) is 35.9 Å². The number of benzene rings is 1. The summed E-state index contributed by atoms with van der Waals surface area (Å²) in [6, 6.07) is 9.13. The van der Waals surface area contributed by atoms with Crippen molar-refractivity contribution >= 4 is 27.2 Å². The quantitative estimate of drug-likeness (QED) is 0.0783. The van der Waals surface area contributed by atoms with E-state index in [0.717, 1.165) is 17.3 Å². The van der Waals surface area contributed by atoms with E-state index in [1.807, 2.05) is 30.3 Å². The smallest absolute Gasteiger partial charge is 0.714 e. The van der Waals surface area contributed by atoms with Gasteiger partial charge < -0.3 is 29.7 Å². The summed E-state index contributed by atoms with van der Waals surface area (Å²) in [6.45, 7) is -0.607. The van der Waals surface area contributed by atoms with Crippen LogP contribution in [0.4, 0.5) is 0 Å². The molecule has 1 aromatic carbocycles. The maximum atomic E-state index is 10.7. The Hall–Kier alpha value is 0.386. The Bertz CT molecular complexity index is 732. The van der Waals surface area contributed by atoms with Crippen molar-refractivity contribution in [1.29, 1.82) is 0 Å². The van der Waals surface area contributed by atoms with Crippen LogP contribution in [-0.2, 0) is 25.8 Å². The van der Waals surface area contributed by atoms with Gasteiger partial charge in [-0.05, 0) is 12.0 Å². The number of aliphatic hydroxyl groups excluding tert-OH is 4. The number of hydrogen-bond acceptors (Lipinski definition) is 11. The maximum absolute atomic E-state index is 10.7. The van der Waals surface area contributed by atoms with Crippen LogP contribution in [0.15, 0.2) is 35.5 Å². The summed E-state index contributed by atoms with van der Waals surface area (Å²) in [5.41, 5.74) is -0.266. The summed E-state index contributed by atoms with van der Waals surface area (Å²) < 4.78 is 41.3. The van der Waals surface area contributed by atoms with Gasteiger partial charge in [0.1, 0.15) is 34.9 Å². The second-order valence-corrected chi connectivity index (χ2v) is 7.91. The second kappa shape index (κ2) is 12.3. The summed E-state index contributed by atoms with van der Waals surface area (Å²) in [4.78, 5) is 0. The van der Waals surface area contributed by atoms with Crippen LogP contribution >= 0.6 is 11.8 Å². The second-order valence-electron chi connectivity index (χ2n) is 5.77. The van der Waals surface area contributed by atoms with E-state index in [2.05, 4.69) is 9.44 Å². The average molecular weight is 462 g/mol. The van der Waals surface area contributed by atoms with E-state index in [0.29, 0.717) is 6.42 Å². The Labute approximate surface area is 209 Å². The van der Waals surface area contributed by atoms with Crippen LogP contribution < -0.4 is 51.4 Å². The molecule has 1 fully saturated rings. The molecule has 1 aromatic rings. The van der Waals surface area contributed by atoms with Gasteiger partial charge in [0.25, 0.3) is 10.4 Å². The molecule has 0 unspecified atom stereocenters. The molecule has 0 aliphatic carbocycles. The minimum absolute atomic E-state index is 0. The molecule has 1 aliphatic heterocycles. The van der Waals surface area contributed by atoms with Crippen molar-refractivity contribution in [2.24, 2.45) is 5.16 Å². The standard InChI is InChI=1S/C15H21NO9S2.K/c17-8-10-12(18)13(19)14(20)15(24-10)26-11(16-25-27(21,22)23)7-6-9-4-2-1-3-5-9;/h1-5,10,12-15,17-20H,6-8H2,(H,21,22,23);/q;+1/p-1/t10-,12-,13+,14-,15+;/m1./s1. The fourth-order valence-electron chi connectivity index (χ4n) is 2.41. The van der Waals surface area contributed by atoms with Crippen molar-refractivity contribution in [3.8, 4) is 0 Å². The van der Waals surface area contributed by atoms with Crippen molar-refractivity contribution in [2.45, 2.75) is 42.7 Å². The Morgan fingerprint density at radius 2 is 1.82 bits per heavy atom. The number of aliphatic hydroxyl groups is 4.